The first-order valence-electron chi connectivity index (χ1n) is 5.77. The van der Waals surface area contributed by atoms with E-state index in [-0.39, 0.29) is 0 Å². The Morgan fingerprint density at radius 3 is 2.77 bits per heavy atom. The van der Waals surface area contributed by atoms with Gasteiger partial charge in [0.1, 0.15) is 0 Å². The van der Waals surface area contributed by atoms with Gasteiger partial charge < -0.3 is 10.1 Å². The lowest BCUT2D eigenvalue weighted by Crippen LogP contribution is -2.26. The molecule has 2 rings (SSSR count). The summed E-state index contributed by atoms with van der Waals surface area (Å²) in [6, 6.07) is 0. The highest BCUT2D eigenvalue weighted by molar-refractivity contribution is 4.75. The van der Waals surface area contributed by atoms with Gasteiger partial charge in [0.2, 0.25) is 0 Å². The molecule has 76 valence electrons. The standard InChI is InChI=1S/C11H21NO/c1-2-8-13-11(3-1)6-7-12-9-10-4-5-10/h10-12H,1-9H2. The van der Waals surface area contributed by atoms with E-state index in [0.29, 0.717) is 6.10 Å². The van der Waals surface area contributed by atoms with Crippen molar-refractivity contribution in [3.63, 3.8) is 0 Å². The highest BCUT2D eigenvalue weighted by Crippen LogP contribution is 2.27. The number of hydrogen-bond acceptors (Lipinski definition) is 2. The van der Waals surface area contributed by atoms with Crippen molar-refractivity contribution in [1.29, 1.82) is 0 Å². The first kappa shape index (κ1) is 9.47. The van der Waals surface area contributed by atoms with Crippen LogP contribution in [0.5, 0.6) is 0 Å². The minimum atomic E-state index is 0.556. The lowest BCUT2D eigenvalue weighted by molar-refractivity contribution is 0.0116. The number of nitrogens with one attached hydrogen (secondary N) is 1. The summed E-state index contributed by atoms with van der Waals surface area (Å²) in [4.78, 5) is 0. The summed E-state index contributed by atoms with van der Waals surface area (Å²) in [7, 11) is 0. The largest absolute Gasteiger partial charge is 0.378 e. The fraction of sp³-hybridized carbons (Fsp3) is 1.00. The highest BCUT2D eigenvalue weighted by Gasteiger charge is 2.20. The number of ether oxygens (including phenoxy) is 1. The zero-order chi connectivity index (χ0) is 8.93. The third-order valence-electron chi connectivity index (χ3n) is 3.05. The van der Waals surface area contributed by atoms with Crippen molar-refractivity contribution in [3.05, 3.63) is 0 Å². The molecule has 0 aromatic rings. The summed E-state index contributed by atoms with van der Waals surface area (Å²) in [5.41, 5.74) is 0. The van der Waals surface area contributed by atoms with Crippen LogP contribution >= 0.6 is 0 Å². The summed E-state index contributed by atoms with van der Waals surface area (Å²) < 4.78 is 5.66. The lowest BCUT2D eigenvalue weighted by atomic mass is 10.1. The molecule has 0 radical (unpaired) electrons. The molecule has 2 heteroatoms. The predicted octanol–water partition coefficient (Wildman–Crippen LogP) is 1.95. The lowest BCUT2D eigenvalue weighted by Gasteiger charge is -2.22. The summed E-state index contributed by atoms with van der Waals surface area (Å²) in [6.45, 7) is 3.39. The van der Waals surface area contributed by atoms with Crippen LogP contribution in [0.15, 0.2) is 0 Å². The van der Waals surface area contributed by atoms with Crippen molar-refractivity contribution in [2.75, 3.05) is 19.7 Å². The molecule has 2 nitrogen and oxygen atoms in total. The van der Waals surface area contributed by atoms with E-state index in [1.165, 1.54) is 45.1 Å². The van der Waals surface area contributed by atoms with Crippen molar-refractivity contribution in [2.24, 2.45) is 5.92 Å². The fourth-order valence-electron chi connectivity index (χ4n) is 1.93. The van der Waals surface area contributed by atoms with E-state index in [0.717, 1.165) is 19.1 Å². The molecule has 1 N–H and O–H groups in total. The molecule has 1 saturated heterocycles. The normalized spacial score (nSPS) is 29.1. The minimum absolute atomic E-state index is 0.556. The van der Waals surface area contributed by atoms with E-state index >= 15 is 0 Å². The van der Waals surface area contributed by atoms with Crippen molar-refractivity contribution in [2.45, 2.75) is 44.6 Å². The Morgan fingerprint density at radius 2 is 2.08 bits per heavy atom. The van der Waals surface area contributed by atoms with Gasteiger partial charge in [-0.3, -0.25) is 0 Å². The van der Waals surface area contributed by atoms with E-state index in [1.54, 1.807) is 0 Å². The maximum absolute atomic E-state index is 5.66. The Balaban J connectivity index is 1.46. The van der Waals surface area contributed by atoms with Crippen LogP contribution < -0.4 is 5.32 Å². The van der Waals surface area contributed by atoms with Gasteiger partial charge in [-0.05, 0) is 57.5 Å². The summed E-state index contributed by atoms with van der Waals surface area (Å²) in [5, 5.41) is 3.51. The Morgan fingerprint density at radius 1 is 1.15 bits per heavy atom. The minimum Gasteiger partial charge on any atom is -0.378 e. The average molecular weight is 183 g/mol. The van der Waals surface area contributed by atoms with Crippen LogP contribution in [0.25, 0.3) is 0 Å². The zero-order valence-electron chi connectivity index (χ0n) is 8.43. The highest BCUT2D eigenvalue weighted by atomic mass is 16.5. The smallest absolute Gasteiger partial charge is 0.0587 e. The molecular formula is C11H21NO. The van der Waals surface area contributed by atoms with Crippen LogP contribution in [0.3, 0.4) is 0 Å². The molecule has 0 amide bonds. The van der Waals surface area contributed by atoms with Crippen molar-refractivity contribution in [1.82, 2.24) is 5.32 Å². The van der Waals surface area contributed by atoms with Crippen LogP contribution in [0, 0.1) is 5.92 Å². The van der Waals surface area contributed by atoms with Gasteiger partial charge in [0.05, 0.1) is 6.10 Å². The number of rotatable bonds is 5. The third kappa shape index (κ3) is 3.65. The van der Waals surface area contributed by atoms with Gasteiger partial charge in [-0.2, -0.15) is 0 Å². The molecule has 0 aromatic heterocycles. The van der Waals surface area contributed by atoms with Gasteiger partial charge in [0.15, 0.2) is 0 Å². The molecule has 2 fully saturated rings. The molecule has 13 heavy (non-hydrogen) atoms. The van der Waals surface area contributed by atoms with Crippen LogP contribution in [0.2, 0.25) is 0 Å². The third-order valence-corrected chi connectivity index (χ3v) is 3.05. The van der Waals surface area contributed by atoms with Gasteiger partial charge in [0, 0.05) is 6.61 Å². The maximum atomic E-state index is 5.66. The van der Waals surface area contributed by atoms with Crippen molar-refractivity contribution < 1.29 is 4.74 Å². The van der Waals surface area contributed by atoms with E-state index in [2.05, 4.69) is 5.32 Å². The molecule has 2 aliphatic rings. The van der Waals surface area contributed by atoms with Gasteiger partial charge >= 0.3 is 0 Å². The SMILES string of the molecule is C1CCC(CCNCC2CC2)OC1. The molecule has 0 bridgehead atoms. The Hall–Kier alpha value is -0.0800. The Bertz CT molecular complexity index is 139. The average Bonchev–Trinajstić information content (AvgIpc) is 2.98. The number of hydrogen-bond donors (Lipinski definition) is 1. The van der Waals surface area contributed by atoms with Crippen LogP contribution in [-0.4, -0.2) is 25.8 Å². The fourth-order valence-corrected chi connectivity index (χ4v) is 1.93. The summed E-state index contributed by atoms with van der Waals surface area (Å²) in [5.74, 6) is 1.01. The summed E-state index contributed by atoms with van der Waals surface area (Å²) in [6.07, 6.45) is 8.59. The van der Waals surface area contributed by atoms with E-state index < -0.39 is 0 Å². The van der Waals surface area contributed by atoms with Crippen molar-refractivity contribution >= 4 is 0 Å². The maximum Gasteiger partial charge on any atom is 0.0587 e. The van der Waals surface area contributed by atoms with Crippen LogP contribution in [0.1, 0.15) is 38.5 Å². The van der Waals surface area contributed by atoms with Gasteiger partial charge in [-0.15, -0.1) is 0 Å². The van der Waals surface area contributed by atoms with E-state index in [1.807, 2.05) is 0 Å². The zero-order valence-corrected chi connectivity index (χ0v) is 8.43. The molecular weight excluding hydrogens is 162 g/mol. The first-order chi connectivity index (χ1) is 6.45. The van der Waals surface area contributed by atoms with E-state index in [9.17, 15) is 0 Å². The molecule has 1 unspecified atom stereocenters. The van der Waals surface area contributed by atoms with Crippen molar-refractivity contribution in [3.8, 4) is 0 Å². The molecule has 1 aliphatic heterocycles. The second-order valence-electron chi connectivity index (χ2n) is 4.42. The predicted molar refractivity (Wildman–Crippen MR) is 53.8 cm³/mol. The quantitative estimate of drug-likeness (QED) is 0.658. The van der Waals surface area contributed by atoms with Gasteiger partial charge in [0.25, 0.3) is 0 Å². The molecule has 1 atom stereocenters. The molecule has 0 spiro atoms. The Labute approximate surface area is 81.0 Å². The molecule has 0 aromatic carbocycles. The second kappa shape index (κ2) is 4.97. The molecule has 1 saturated carbocycles. The van der Waals surface area contributed by atoms with Gasteiger partial charge in [-0.1, -0.05) is 0 Å². The Kier molecular flexibility index (Phi) is 3.62. The van der Waals surface area contributed by atoms with E-state index in [4.69, 9.17) is 4.74 Å². The van der Waals surface area contributed by atoms with Gasteiger partial charge in [-0.25, -0.2) is 0 Å². The topological polar surface area (TPSA) is 21.3 Å². The van der Waals surface area contributed by atoms with Crippen LogP contribution in [-0.2, 0) is 4.74 Å². The van der Waals surface area contributed by atoms with Crippen LogP contribution in [0.4, 0.5) is 0 Å². The monoisotopic (exact) mass is 183 g/mol. The summed E-state index contributed by atoms with van der Waals surface area (Å²) >= 11 is 0. The second-order valence-corrected chi connectivity index (χ2v) is 4.42. The first-order valence-corrected chi connectivity index (χ1v) is 5.77. The molecule has 1 heterocycles. The molecule has 1 aliphatic carbocycles.